The van der Waals surface area contributed by atoms with E-state index in [-0.39, 0.29) is 0 Å². The number of H-pyrrole nitrogens is 1. The van der Waals surface area contributed by atoms with Crippen LogP contribution in [0.4, 0.5) is 0 Å². The zero-order valence-electron chi connectivity index (χ0n) is 11.8. The smallest absolute Gasteiger partial charge is 0.0457 e. The topological polar surface area (TPSA) is 15.8 Å². The molecule has 1 aromatic heterocycles. The molecule has 0 saturated carbocycles. The van der Waals surface area contributed by atoms with E-state index in [9.17, 15) is 0 Å². The number of benzene rings is 1. The van der Waals surface area contributed by atoms with Gasteiger partial charge in [-0.05, 0) is 36.6 Å². The largest absolute Gasteiger partial charge is 0.361 e. The number of hydrogen-bond donors (Lipinski definition) is 1. The standard InChI is InChI=1S/C17H24ClN/c1-2-3-4-5-6-7-8-9-14-13-19-17-11-10-15(18)12-16(14)17/h10-13,19H,2-9H2,1H3. The van der Waals surface area contributed by atoms with Gasteiger partial charge < -0.3 is 4.98 Å². The van der Waals surface area contributed by atoms with Gasteiger partial charge >= 0.3 is 0 Å². The molecular formula is C17H24ClN. The van der Waals surface area contributed by atoms with Crippen LogP contribution in [-0.2, 0) is 6.42 Å². The summed E-state index contributed by atoms with van der Waals surface area (Å²) in [6, 6.07) is 6.08. The van der Waals surface area contributed by atoms with Crippen molar-refractivity contribution in [2.45, 2.75) is 58.3 Å². The fourth-order valence-corrected chi connectivity index (χ4v) is 2.80. The molecule has 104 valence electrons. The number of aromatic amines is 1. The van der Waals surface area contributed by atoms with Crippen molar-refractivity contribution in [3.8, 4) is 0 Å². The van der Waals surface area contributed by atoms with Crippen molar-refractivity contribution >= 4 is 22.5 Å². The van der Waals surface area contributed by atoms with Crippen LogP contribution in [0.3, 0.4) is 0 Å². The number of fused-ring (bicyclic) bond motifs is 1. The van der Waals surface area contributed by atoms with Crippen LogP contribution in [0, 0.1) is 0 Å². The second-order valence-corrected chi connectivity index (χ2v) is 5.81. The molecule has 0 radical (unpaired) electrons. The van der Waals surface area contributed by atoms with Crippen LogP contribution in [0.1, 0.15) is 57.4 Å². The van der Waals surface area contributed by atoms with Crippen molar-refractivity contribution < 1.29 is 0 Å². The Bertz CT molecular complexity index is 501. The van der Waals surface area contributed by atoms with Gasteiger partial charge in [0.2, 0.25) is 0 Å². The third-order valence-electron chi connectivity index (χ3n) is 3.78. The maximum absolute atomic E-state index is 6.07. The van der Waals surface area contributed by atoms with Crippen LogP contribution in [0.2, 0.25) is 5.02 Å². The summed E-state index contributed by atoms with van der Waals surface area (Å²) in [6.07, 6.45) is 12.8. The minimum Gasteiger partial charge on any atom is -0.361 e. The molecule has 0 fully saturated rings. The van der Waals surface area contributed by atoms with E-state index in [1.165, 1.54) is 61.4 Å². The van der Waals surface area contributed by atoms with Gasteiger partial charge in [0, 0.05) is 22.1 Å². The van der Waals surface area contributed by atoms with E-state index in [1.807, 2.05) is 6.07 Å². The normalized spacial score (nSPS) is 11.3. The first-order valence-corrected chi connectivity index (χ1v) is 7.94. The lowest BCUT2D eigenvalue weighted by atomic mass is 10.0. The van der Waals surface area contributed by atoms with Gasteiger partial charge in [0.05, 0.1) is 0 Å². The lowest BCUT2D eigenvalue weighted by Gasteiger charge is -2.01. The molecule has 1 N–H and O–H groups in total. The van der Waals surface area contributed by atoms with Gasteiger partial charge in [0.25, 0.3) is 0 Å². The number of halogens is 1. The zero-order valence-corrected chi connectivity index (χ0v) is 12.6. The first-order valence-electron chi connectivity index (χ1n) is 7.57. The Balaban J connectivity index is 1.77. The van der Waals surface area contributed by atoms with Crippen LogP contribution < -0.4 is 0 Å². The van der Waals surface area contributed by atoms with Crippen molar-refractivity contribution in [1.29, 1.82) is 0 Å². The summed E-state index contributed by atoms with van der Waals surface area (Å²) in [6.45, 7) is 2.27. The first kappa shape index (κ1) is 14.5. The van der Waals surface area contributed by atoms with Gasteiger partial charge in [-0.1, -0.05) is 57.0 Å². The predicted octanol–water partition coefficient (Wildman–Crippen LogP) is 6.11. The number of hydrogen-bond acceptors (Lipinski definition) is 0. The van der Waals surface area contributed by atoms with E-state index in [4.69, 9.17) is 11.6 Å². The molecule has 0 aliphatic heterocycles. The first-order chi connectivity index (χ1) is 9.31. The van der Waals surface area contributed by atoms with Gasteiger partial charge in [-0.25, -0.2) is 0 Å². The van der Waals surface area contributed by atoms with E-state index in [2.05, 4.69) is 30.2 Å². The van der Waals surface area contributed by atoms with E-state index >= 15 is 0 Å². The predicted molar refractivity (Wildman–Crippen MR) is 85.0 cm³/mol. The summed E-state index contributed by atoms with van der Waals surface area (Å²) in [5.74, 6) is 0. The van der Waals surface area contributed by atoms with Crippen LogP contribution in [0.25, 0.3) is 10.9 Å². The fourth-order valence-electron chi connectivity index (χ4n) is 2.63. The molecule has 0 atom stereocenters. The van der Waals surface area contributed by atoms with E-state index in [0.717, 1.165) is 11.4 Å². The molecule has 2 heteroatoms. The molecule has 0 saturated heterocycles. The number of nitrogens with one attached hydrogen (secondary N) is 1. The number of unbranched alkanes of at least 4 members (excludes halogenated alkanes) is 6. The van der Waals surface area contributed by atoms with E-state index in [0.29, 0.717) is 0 Å². The van der Waals surface area contributed by atoms with Gasteiger partial charge in [-0.15, -0.1) is 0 Å². The highest BCUT2D eigenvalue weighted by atomic mass is 35.5. The molecule has 0 unspecified atom stereocenters. The molecule has 0 aliphatic carbocycles. The summed E-state index contributed by atoms with van der Waals surface area (Å²) in [5, 5.41) is 2.12. The monoisotopic (exact) mass is 277 g/mol. The fraction of sp³-hybridized carbons (Fsp3) is 0.529. The Kier molecular flexibility index (Phi) is 5.78. The molecule has 0 aliphatic rings. The summed E-state index contributed by atoms with van der Waals surface area (Å²) in [7, 11) is 0. The minimum absolute atomic E-state index is 0.827. The average molecular weight is 278 g/mol. The van der Waals surface area contributed by atoms with Gasteiger partial charge in [-0.3, -0.25) is 0 Å². The molecule has 2 rings (SSSR count). The Labute approximate surface area is 121 Å². The minimum atomic E-state index is 0.827. The summed E-state index contributed by atoms with van der Waals surface area (Å²) < 4.78 is 0. The molecule has 0 spiro atoms. The average Bonchev–Trinajstić information content (AvgIpc) is 2.80. The Morgan fingerprint density at radius 1 is 1.00 bits per heavy atom. The summed E-state index contributed by atoms with van der Waals surface area (Å²) in [5.41, 5.74) is 2.61. The third-order valence-corrected chi connectivity index (χ3v) is 4.01. The van der Waals surface area contributed by atoms with Crippen molar-refractivity contribution in [1.82, 2.24) is 4.98 Å². The van der Waals surface area contributed by atoms with Crippen LogP contribution in [-0.4, -0.2) is 4.98 Å². The zero-order chi connectivity index (χ0) is 13.5. The summed E-state index contributed by atoms with van der Waals surface area (Å²) >= 11 is 6.07. The highest BCUT2D eigenvalue weighted by Crippen LogP contribution is 2.23. The Morgan fingerprint density at radius 2 is 1.74 bits per heavy atom. The van der Waals surface area contributed by atoms with Gasteiger partial charge in [0.1, 0.15) is 0 Å². The summed E-state index contributed by atoms with van der Waals surface area (Å²) in [4.78, 5) is 3.33. The molecule has 2 aromatic rings. The molecule has 0 bridgehead atoms. The lowest BCUT2D eigenvalue weighted by Crippen LogP contribution is -1.85. The molecule has 1 heterocycles. The van der Waals surface area contributed by atoms with Crippen molar-refractivity contribution in [2.75, 3.05) is 0 Å². The lowest BCUT2D eigenvalue weighted by molar-refractivity contribution is 0.590. The molecular weight excluding hydrogens is 254 g/mol. The van der Waals surface area contributed by atoms with Crippen molar-refractivity contribution in [3.63, 3.8) is 0 Å². The van der Waals surface area contributed by atoms with Crippen LogP contribution >= 0.6 is 11.6 Å². The number of aryl methyl sites for hydroxylation is 1. The number of rotatable bonds is 8. The molecule has 19 heavy (non-hydrogen) atoms. The van der Waals surface area contributed by atoms with E-state index < -0.39 is 0 Å². The second kappa shape index (κ2) is 7.59. The van der Waals surface area contributed by atoms with E-state index in [1.54, 1.807) is 0 Å². The maximum atomic E-state index is 6.07. The highest BCUT2D eigenvalue weighted by Gasteiger charge is 2.03. The molecule has 0 amide bonds. The second-order valence-electron chi connectivity index (χ2n) is 5.38. The van der Waals surface area contributed by atoms with Crippen molar-refractivity contribution in [3.05, 3.63) is 35.0 Å². The van der Waals surface area contributed by atoms with Crippen molar-refractivity contribution in [2.24, 2.45) is 0 Å². The number of aromatic nitrogens is 1. The molecule has 1 aromatic carbocycles. The Hall–Kier alpha value is -0.950. The van der Waals surface area contributed by atoms with Gasteiger partial charge in [-0.2, -0.15) is 0 Å². The molecule has 1 nitrogen and oxygen atoms in total. The SMILES string of the molecule is CCCCCCCCCc1c[nH]c2ccc(Cl)cc12. The van der Waals surface area contributed by atoms with Gasteiger partial charge in [0.15, 0.2) is 0 Å². The van der Waals surface area contributed by atoms with Crippen LogP contribution in [0.5, 0.6) is 0 Å². The third kappa shape index (κ3) is 4.28. The Morgan fingerprint density at radius 3 is 2.53 bits per heavy atom. The quantitative estimate of drug-likeness (QED) is 0.560. The maximum Gasteiger partial charge on any atom is 0.0457 e. The van der Waals surface area contributed by atoms with Crippen LogP contribution in [0.15, 0.2) is 24.4 Å². The highest BCUT2D eigenvalue weighted by molar-refractivity contribution is 6.31.